The summed E-state index contributed by atoms with van der Waals surface area (Å²) in [6.07, 6.45) is 0.427. The Labute approximate surface area is 171 Å². The van der Waals surface area contributed by atoms with Crippen molar-refractivity contribution < 1.29 is 17.9 Å². The van der Waals surface area contributed by atoms with E-state index in [4.69, 9.17) is 0 Å². The van der Waals surface area contributed by atoms with Gasteiger partial charge in [0, 0.05) is 19.3 Å². The van der Waals surface area contributed by atoms with Crippen LogP contribution in [0.5, 0.6) is 0 Å². The van der Waals surface area contributed by atoms with Gasteiger partial charge in [-0.3, -0.25) is 0 Å². The van der Waals surface area contributed by atoms with Gasteiger partial charge in [0.1, 0.15) is 5.82 Å². The van der Waals surface area contributed by atoms with Crippen LogP contribution in [0.15, 0.2) is 47.5 Å². The second kappa shape index (κ2) is 10.4. The number of aliphatic imine (C=N–C) groups is 1. The van der Waals surface area contributed by atoms with E-state index >= 15 is 0 Å². The highest BCUT2D eigenvalue weighted by atomic mass is 32.2. The van der Waals surface area contributed by atoms with E-state index in [2.05, 4.69) is 15.6 Å². The molecule has 0 saturated heterocycles. The van der Waals surface area contributed by atoms with Gasteiger partial charge >= 0.3 is 0 Å². The van der Waals surface area contributed by atoms with Gasteiger partial charge in [-0.05, 0) is 42.7 Å². The average Bonchev–Trinajstić information content (AvgIpc) is 2.65. The molecule has 158 valence electrons. The van der Waals surface area contributed by atoms with Crippen molar-refractivity contribution in [1.29, 1.82) is 0 Å². The number of hydrogen-bond acceptors (Lipinski definition) is 4. The minimum absolute atomic E-state index is 0.110. The van der Waals surface area contributed by atoms with Crippen molar-refractivity contribution >= 4 is 15.8 Å². The SMILES string of the molecule is CCNC(=NCc1cc(F)ccc1CS(C)(=O)=O)NCC(O)c1ccc(C)cc1. The Bertz CT molecular complexity index is 944. The van der Waals surface area contributed by atoms with Crippen LogP contribution in [0.3, 0.4) is 0 Å². The summed E-state index contributed by atoms with van der Waals surface area (Å²) in [6.45, 7) is 4.85. The smallest absolute Gasteiger partial charge is 0.191 e. The highest BCUT2D eigenvalue weighted by molar-refractivity contribution is 7.89. The molecule has 0 aliphatic carbocycles. The number of rotatable bonds is 8. The summed E-state index contributed by atoms with van der Waals surface area (Å²) in [6, 6.07) is 11.6. The third kappa shape index (κ3) is 7.83. The number of benzene rings is 2. The minimum Gasteiger partial charge on any atom is -0.387 e. The molecule has 0 radical (unpaired) electrons. The molecule has 1 unspecified atom stereocenters. The molecule has 2 rings (SSSR count). The van der Waals surface area contributed by atoms with Crippen molar-refractivity contribution in [2.75, 3.05) is 19.3 Å². The summed E-state index contributed by atoms with van der Waals surface area (Å²) < 4.78 is 36.9. The fourth-order valence-electron chi connectivity index (χ4n) is 2.77. The monoisotopic (exact) mass is 421 g/mol. The highest BCUT2D eigenvalue weighted by Gasteiger charge is 2.12. The van der Waals surface area contributed by atoms with Crippen LogP contribution < -0.4 is 10.6 Å². The summed E-state index contributed by atoms with van der Waals surface area (Å²) >= 11 is 0. The van der Waals surface area contributed by atoms with Crippen molar-refractivity contribution in [2.45, 2.75) is 32.2 Å². The number of nitrogens with one attached hydrogen (secondary N) is 2. The molecule has 0 aliphatic heterocycles. The lowest BCUT2D eigenvalue weighted by atomic mass is 10.1. The summed E-state index contributed by atoms with van der Waals surface area (Å²) in [4.78, 5) is 4.42. The van der Waals surface area contributed by atoms with Crippen LogP contribution in [-0.4, -0.2) is 38.8 Å². The van der Waals surface area contributed by atoms with Crippen LogP contribution in [0.1, 0.15) is 35.3 Å². The number of halogens is 1. The summed E-state index contributed by atoms with van der Waals surface area (Å²) in [5.41, 5.74) is 2.93. The number of guanidine groups is 1. The molecular weight excluding hydrogens is 393 g/mol. The van der Waals surface area contributed by atoms with Crippen LogP contribution in [0.25, 0.3) is 0 Å². The van der Waals surface area contributed by atoms with E-state index in [-0.39, 0.29) is 18.8 Å². The molecule has 0 aliphatic rings. The maximum absolute atomic E-state index is 13.7. The molecular formula is C21H28FN3O3S. The van der Waals surface area contributed by atoms with Crippen LogP contribution in [-0.2, 0) is 22.1 Å². The standard InChI is InChI=1S/C21H28FN3O3S/c1-4-23-21(25-13-20(26)16-7-5-15(2)6-8-16)24-12-18-11-19(22)10-9-17(18)14-29(3,27)28/h5-11,20,26H,4,12-14H2,1-3H3,(H2,23,24,25). The van der Waals surface area contributed by atoms with Crippen LogP contribution in [0.2, 0.25) is 0 Å². The summed E-state index contributed by atoms with van der Waals surface area (Å²) in [7, 11) is -3.25. The molecule has 8 heteroatoms. The van der Waals surface area contributed by atoms with Gasteiger partial charge in [-0.2, -0.15) is 0 Å². The quantitative estimate of drug-likeness (QED) is 0.450. The minimum atomic E-state index is -3.25. The number of sulfone groups is 1. The Morgan fingerprint density at radius 3 is 2.45 bits per heavy atom. The van der Waals surface area contributed by atoms with Crippen molar-refractivity contribution in [3.8, 4) is 0 Å². The number of aryl methyl sites for hydroxylation is 1. The Morgan fingerprint density at radius 2 is 1.83 bits per heavy atom. The molecule has 2 aromatic carbocycles. The van der Waals surface area contributed by atoms with Crippen molar-refractivity contribution in [3.05, 3.63) is 70.5 Å². The molecule has 0 aromatic heterocycles. The topological polar surface area (TPSA) is 90.8 Å². The van der Waals surface area contributed by atoms with E-state index in [1.165, 1.54) is 18.2 Å². The third-order valence-electron chi connectivity index (χ3n) is 4.26. The lowest BCUT2D eigenvalue weighted by molar-refractivity contribution is 0.181. The molecule has 1 atom stereocenters. The average molecular weight is 422 g/mol. The first-order chi connectivity index (χ1) is 13.7. The highest BCUT2D eigenvalue weighted by Crippen LogP contribution is 2.16. The van der Waals surface area contributed by atoms with E-state index in [1.807, 2.05) is 38.1 Å². The first-order valence-electron chi connectivity index (χ1n) is 9.39. The molecule has 0 bridgehead atoms. The molecule has 0 heterocycles. The molecule has 0 spiro atoms. The van der Waals surface area contributed by atoms with Crippen molar-refractivity contribution in [2.24, 2.45) is 4.99 Å². The zero-order chi connectivity index (χ0) is 21.4. The maximum atomic E-state index is 13.7. The van der Waals surface area contributed by atoms with Gasteiger partial charge in [0.15, 0.2) is 15.8 Å². The molecule has 0 amide bonds. The van der Waals surface area contributed by atoms with E-state index < -0.39 is 21.8 Å². The van der Waals surface area contributed by atoms with Crippen molar-refractivity contribution in [1.82, 2.24) is 10.6 Å². The van der Waals surface area contributed by atoms with E-state index in [0.29, 0.717) is 23.6 Å². The number of aliphatic hydroxyl groups excluding tert-OH is 1. The number of hydrogen-bond donors (Lipinski definition) is 3. The normalized spacial score (nSPS) is 13.2. The molecule has 2 aromatic rings. The third-order valence-corrected chi connectivity index (χ3v) is 5.10. The van der Waals surface area contributed by atoms with E-state index in [9.17, 15) is 17.9 Å². The Hall–Kier alpha value is -2.45. The fraction of sp³-hybridized carbons (Fsp3) is 0.381. The zero-order valence-electron chi connectivity index (χ0n) is 16.9. The molecule has 3 N–H and O–H groups in total. The van der Waals surface area contributed by atoms with Gasteiger partial charge in [0.05, 0.1) is 18.4 Å². The number of aliphatic hydroxyl groups is 1. The van der Waals surface area contributed by atoms with Crippen LogP contribution >= 0.6 is 0 Å². The Kier molecular flexibility index (Phi) is 8.16. The van der Waals surface area contributed by atoms with Gasteiger partial charge in [-0.25, -0.2) is 17.8 Å². The van der Waals surface area contributed by atoms with E-state index in [1.54, 1.807) is 0 Å². The lowest BCUT2D eigenvalue weighted by Crippen LogP contribution is -2.39. The molecule has 0 fully saturated rings. The van der Waals surface area contributed by atoms with Crippen LogP contribution in [0.4, 0.5) is 4.39 Å². The zero-order valence-corrected chi connectivity index (χ0v) is 17.8. The maximum Gasteiger partial charge on any atom is 0.191 e. The first-order valence-corrected chi connectivity index (χ1v) is 11.5. The second-order valence-electron chi connectivity index (χ2n) is 6.99. The Balaban J connectivity index is 2.10. The van der Waals surface area contributed by atoms with Crippen molar-refractivity contribution in [3.63, 3.8) is 0 Å². The van der Waals surface area contributed by atoms with Gasteiger partial charge < -0.3 is 15.7 Å². The summed E-state index contributed by atoms with van der Waals surface area (Å²) in [5.74, 6) is -0.165. The van der Waals surface area contributed by atoms with E-state index in [0.717, 1.165) is 17.4 Å². The van der Waals surface area contributed by atoms with Gasteiger partial charge in [0.25, 0.3) is 0 Å². The predicted octanol–water partition coefficient (Wildman–Crippen LogP) is 2.47. The molecule has 6 nitrogen and oxygen atoms in total. The lowest BCUT2D eigenvalue weighted by Gasteiger charge is -2.16. The second-order valence-corrected chi connectivity index (χ2v) is 9.13. The largest absolute Gasteiger partial charge is 0.387 e. The van der Waals surface area contributed by atoms with Gasteiger partial charge in [0.2, 0.25) is 0 Å². The summed E-state index contributed by atoms with van der Waals surface area (Å²) in [5, 5.41) is 16.5. The number of nitrogens with zero attached hydrogens (tertiary/aromatic N) is 1. The molecule has 0 saturated carbocycles. The Morgan fingerprint density at radius 1 is 1.14 bits per heavy atom. The van der Waals surface area contributed by atoms with Gasteiger partial charge in [-0.1, -0.05) is 35.9 Å². The fourth-order valence-corrected chi connectivity index (χ4v) is 3.62. The molecule has 29 heavy (non-hydrogen) atoms. The van der Waals surface area contributed by atoms with Gasteiger partial charge in [-0.15, -0.1) is 0 Å². The van der Waals surface area contributed by atoms with Crippen LogP contribution in [0, 0.1) is 12.7 Å². The first kappa shape index (κ1) is 22.8. The predicted molar refractivity (Wildman–Crippen MR) is 114 cm³/mol.